The second-order valence-corrected chi connectivity index (χ2v) is 5.63. The van der Waals surface area contributed by atoms with Gasteiger partial charge in [0, 0.05) is 0 Å². The molecule has 0 bridgehead atoms. The Bertz CT molecular complexity index is 663. The summed E-state index contributed by atoms with van der Waals surface area (Å²) in [5.74, 6) is 0.606. The molecule has 0 unspecified atom stereocenters. The van der Waals surface area contributed by atoms with Gasteiger partial charge in [-0.15, -0.1) is 5.69 Å². The maximum atomic E-state index is 12.1. The Morgan fingerprint density at radius 3 is 2.21 bits per heavy atom. The quantitative estimate of drug-likeness (QED) is 0.860. The number of benzene rings is 2. The Hall–Kier alpha value is -2.01. The normalized spacial score (nSPS) is 11.1. The second kappa shape index (κ2) is 5.32. The van der Waals surface area contributed by atoms with Gasteiger partial charge in [0.1, 0.15) is 15.8 Å². The van der Waals surface area contributed by atoms with E-state index in [0.717, 1.165) is 5.56 Å². The lowest BCUT2D eigenvalue weighted by atomic mass is 10.2. The van der Waals surface area contributed by atoms with Crippen molar-refractivity contribution in [1.29, 1.82) is 0 Å². The molecule has 0 fully saturated rings. The van der Waals surface area contributed by atoms with Crippen LogP contribution in [-0.4, -0.2) is 15.5 Å². The highest BCUT2D eigenvalue weighted by Crippen LogP contribution is 2.30. The van der Waals surface area contributed by atoms with Crippen molar-refractivity contribution in [1.82, 2.24) is 0 Å². The molecule has 0 radical (unpaired) electrons. The van der Waals surface area contributed by atoms with Crippen LogP contribution in [0.15, 0.2) is 53.4 Å². The summed E-state index contributed by atoms with van der Waals surface area (Å²) in [6, 6.07) is 13.3. The molecular weight excluding hydrogens is 262 g/mol. The molecule has 0 aromatic heterocycles. The fraction of sp³-hybridized carbons (Fsp3) is 0.143. The van der Waals surface area contributed by atoms with Crippen molar-refractivity contribution < 1.29 is 13.2 Å². The van der Waals surface area contributed by atoms with Crippen molar-refractivity contribution in [3.63, 3.8) is 0 Å². The van der Waals surface area contributed by atoms with Crippen LogP contribution in [0.3, 0.4) is 0 Å². The van der Waals surface area contributed by atoms with E-state index in [4.69, 9.17) is 4.74 Å². The summed E-state index contributed by atoms with van der Waals surface area (Å²) in [6.45, 7) is 1.82. The molecule has 0 aliphatic carbocycles. The lowest BCUT2D eigenvalue weighted by Crippen LogP contribution is -1.98. The van der Waals surface area contributed by atoms with Crippen LogP contribution >= 0.6 is 0 Å². The molecule has 0 aliphatic heterocycles. The summed E-state index contributed by atoms with van der Waals surface area (Å²) < 4.78 is 33.1. The molecule has 0 heterocycles. The van der Waals surface area contributed by atoms with Crippen LogP contribution in [0.1, 0.15) is 5.56 Å². The Labute approximate surface area is 113 Å². The molecule has 0 spiro atoms. The van der Waals surface area contributed by atoms with E-state index < -0.39 is 10.0 Å². The van der Waals surface area contributed by atoms with Crippen molar-refractivity contribution >= 4 is 15.7 Å². The van der Waals surface area contributed by atoms with Crippen LogP contribution in [0.4, 0.5) is 5.69 Å². The van der Waals surface area contributed by atoms with Crippen LogP contribution < -0.4 is 4.74 Å². The minimum atomic E-state index is -3.69. The Morgan fingerprint density at radius 2 is 1.63 bits per heavy atom. The molecule has 5 heteroatoms. The van der Waals surface area contributed by atoms with Gasteiger partial charge in [-0.3, -0.25) is 0 Å². The highest BCUT2D eigenvalue weighted by Gasteiger charge is 2.05. The van der Waals surface area contributed by atoms with Crippen LogP contribution in [0.25, 0.3) is 4.72 Å². The van der Waals surface area contributed by atoms with Crippen molar-refractivity contribution in [2.24, 2.45) is 0 Å². The zero-order valence-corrected chi connectivity index (χ0v) is 11.5. The van der Waals surface area contributed by atoms with Gasteiger partial charge in [-0.1, -0.05) is 29.8 Å². The third-order valence-corrected chi connectivity index (χ3v) is 4.00. The van der Waals surface area contributed by atoms with E-state index in [1.165, 1.54) is 19.2 Å². The minimum absolute atomic E-state index is 0.150. The number of nitrogens with zero attached hydrogens (tertiary/aromatic N) is 1. The van der Waals surface area contributed by atoms with Gasteiger partial charge in [-0.05, 0) is 31.2 Å². The predicted molar refractivity (Wildman–Crippen MR) is 74.4 cm³/mol. The first-order valence-electron chi connectivity index (χ1n) is 5.70. The predicted octanol–water partition coefficient (Wildman–Crippen LogP) is 3.40. The molecule has 0 amide bonds. The minimum Gasteiger partial charge on any atom is -0.572 e. The maximum absolute atomic E-state index is 12.1. The standard InChI is InChI=1S/C14H14NO3S/c1-11-5-3-4-6-14(11)15-19(16,17)13-9-7-12(18-2)8-10-13/h3-10H,1-2H3/q-1. The zero-order chi connectivity index (χ0) is 13.9. The number of ether oxygens (including phenoxy) is 1. The van der Waals surface area contributed by atoms with Gasteiger partial charge >= 0.3 is 0 Å². The van der Waals surface area contributed by atoms with E-state index in [0.29, 0.717) is 11.4 Å². The lowest BCUT2D eigenvalue weighted by molar-refractivity contribution is 0.414. The van der Waals surface area contributed by atoms with Crippen molar-refractivity contribution in [3.8, 4) is 5.75 Å². The summed E-state index contributed by atoms with van der Waals surface area (Å²) >= 11 is 0. The molecule has 0 saturated carbocycles. The van der Waals surface area contributed by atoms with E-state index in [1.54, 1.807) is 24.3 Å². The smallest absolute Gasteiger partial charge is 0.123 e. The molecular formula is C14H14NO3S-. The Balaban J connectivity index is 2.30. The second-order valence-electron chi connectivity index (χ2n) is 4.03. The summed E-state index contributed by atoms with van der Waals surface area (Å²) in [4.78, 5) is 0.150. The lowest BCUT2D eigenvalue weighted by Gasteiger charge is -2.23. The molecule has 2 aromatic rings. The third kappa shape index (κ3) is 3.06. The third-order valence-electron chi connectivity index (χ3n) is 2.69. The van der Waals surface area contributed by atoms with E-state index >= 15 is 0 Å². The van der Waals surface area contributed by atoms with Crippen LogP contribution in [0.5, 0.6) is 5.75 Å². The Morgan fingerprint density at radius 1 is 1.00 bits per heavy atom. The molecule has 100 valence electrons. The molecule has 4 nitrogen and oxygen atoms in total. The number of sulfonamides is 1. The first-order chi connectivity index (χ1) is 9.03. The van der Waals surface area contributed by atoms with E-state index in [9.17, 15) is 8.42 Å². The first-order valence-corrected chi connectivity index (χ1v) is 7.14. The molecule has 19 heavy (non-hydrogen) atoms. The van der Waals surface area contributed by atoms with Crippen molar-refractivity contribution in [2.45, 2.75) is 11.8 Å². The monoisotopic (exact) mass is 276 g/mol. The molecule has 2 aromatic carbocycles. The van der Waals surface area contributed by atoms with Gasteiger partial charge < -0.3 is 9.46 Å². The number of hydrogen-bond acceptors (Lipinski definition) is 3. The fourth-order valence-electron chi connectivity index (χ4n) is 1.60. The fourth-order valence-corrected chi connectivity index (χ4v) is 2.64. The largest absolute Gasteiger partial charge is 0.572 e. The molecule has 2 rings (SSSR count). The van der Waals surface area contributed by atoms with Crippen molar-refractivity contribution in [2.75, 3.05) is 7.11 Å². The molecule has 0 N–H and O–H groups in total. The zero-order valence-electron chi connectivity index (χ0n) is 10.7. The Kier molecular flexibility index (Phi) is 3.76. The maximum Gasteiger partial charge on any atom is 0.123 e. The van der Waals surface area contributed by atoms with E-state index in [2.05, 4.69) is 4.72 Å². The van der Waals surface area contributed by atoms with Gasteiger partial charge in [0.15, 0.2) is 0 Å². The van der Waals surface area contributed by atoms with Gasteiger partial charge in [-0.25, -0.2) is 8.42 Å². The number of methoxy groups -OCH3 is 1. The number of hydrogen-bond donors (Lipinski definition) is 0. The summed E-state index contributed by atoms with van der Waals surface area (Å²) in [7, 11) is -2.16. The number of aryl methyl sites for hydroxylation is 1. The number of rotatable bonds is 4. The molecule has 0 aliphatic rings. The van der Waals surface area contributed by atoms with E-state index in [-0.39, 0.29) is 4.90 Å². The summed E-state index contributed by atoms with van der Waals surface area (Å²) in [5, 5.41) is 0. The van der Waals surface area contributed by atoms with Crippen molar-refractivity contribution in [3.05, 3.63) is 58.8 Å². The molecule has 0 atom stereocenters. The van der Waals surface area contributed by atoms with Crippen LogP contribution in [0, 0.1) is 6.92 Å². The highest BCUT2D eigenvalue weighted by molar-refractivity contribution is 7.94. The van der Waals surface area contributed by atoms with Gasteiger partial charge in [0.2, 0.25) is 0 Å². The summed E-state index contributed by atoms with van der Waals surface area (Å²) in [6.07, 6.45) is 0. The highest BCUT2D eigenvalue weighted by atomic mass is 32.2. The average molecular weight is 276 g/mol. The first kappa shape index (κ1) is 13.4. The van der Waals surface area contributed by atoms with E-state index in [1.807, 2.05) is 19.1 Å². The topological polar surface area (TPSA) is 57.5 Å². The SMILES string of the molecule is COc1ccc(S(=O)(=O)[N-]c2ccccc2C)cc1. The van der Waals surface area contributed by atoms with Gasteiger partial charge in [-0.2, -0.15) is 0 Å². The summed E-state index contributed by atoms with van der Waals surface area (Å²) in [5.41, 5.74) is 1.28. The van der Waals surface area contributed by atoms with Crippen LogP contribution in [-0.2, 0) is 10.0 Å². The van der Waals surface area contributed by atoms with Gasteiger partial charge in [0.05, 0.1) is 12.0 Å². The molecule has 0 saturated heterocycles. The average Bonchev–Trinajstić information content (AvgIpc) is 2.41. The van der Waals surface area contributed by atoms with Crippen LogP contribution in [0.2, 0.25) is 0 Å². The van der Waals surface area contributed by atoms with Gasteiger partial charge in [0.25, 0.3) is 0 Å².